The van der Waals surface area contributed by atoms with Crippen molar-refractivity contribution in [3.63, 3.8) is 0 Å². The van der Waals surface area contributed by atoms with Crippen molar-refractivity contribution in [1.82, 2.24) is 10.2 Å². The topological polar surface area (TPSA) is 61.5 Å². The van der Waals surface area contributed by atoms with Gasteiger partial charge in [0.15, 0.2) is 0 Å². The molecule has 0 radical (unpaired) electrons. The zero-order chi connectivity index (χ0) is 18.4. The predicted octanol–water partition coefficient (Wildman–Crippen LogP) is 3.12. The Hall–Kier alpha value is -1.59. The number of hydrogen-bond donors (Lipinski definition) is 3. The molecule has 1 aromatic carbocycles. The van der Waals surface area contributed by atoms with Crippen LogP contribution in [0.2, 0.25) is 0 Å². The van der Waals surface area contributed by atoms with Crippen molar-refractivity contribution >= 4 is 11.8 Å². The number of nitrogens with two attached hydrogens (primary N) is 1. The highest BCUT2D eigenvalue weighted by molar-refractivity contribution is 7.98. The van der Waals surface area contributed by atoms with Crippen LogP contribution in [-0.2, 0) is 6.42 Å². The second-order valence-electron chi connectivity index (χ2n) is 5.60. The summed E-state index contributed by atoms with van der Waals surface area (Å²) in [5, 5.41) is 12.5. The van der Waals surface area contributed by atoms with Gasteiger partial charge in [-0.15, -0.1) is 0 Å². The van der Waals surface area contributed by atoms with Crippen molar-refractivity contribution in [3.05, 3.63) is 54.4 Å². The van der Waals surface area contributed by atoms with Gasteiger partial charge >= 0.3 is 0 Å². The number of nitrogens with one attached hydrogen (secondary N) is 1. The lowest BCUT2D eigenvalue weighted by molar-refractivity contribution is 0.459. The van der Waals surface area contributed by atoms with Crippen molar-refractivity contribution in [1.29, 1.82) is 0 Å². The largest absolute Gasteiger partial charge is 0.508 e. The number of thioether (sulfide) groups is 1. The summed E-state index contributed by atoms with van der Waals surface area (Å²) in [6, 6.07) is 5.73. The lowest BCUT2D eigenvalue weighted by atomic mass is 10.1. The Morgan fingerprint density at radius 2 is 2.17 bits per heavy atom. The van der Waals surface area contributed by atoms with Gasteiger partial charge in [0.2, 0.25) is 0 Å². The third kappa shape index (κ3) is 11.0. The first-order valence-electron chi connectivity index (χ1n) is 8.16. The molecule has 0 heterocycles. The summed E-state index contributed by atoms with van der Waals surface area (Å²) in [6.45, 7) is 12.1. The van der Waals surface area contributed by atoms with Gasteiger partial charge < -0.3 is 21.1 Å². The molecular weight excluding hydrogens is 318 g/mol. The molecule has 0 amide bonds. The van der Waals surface area contributed by atoms with Gasteiger partial charge in [0.1, 0.15) is 5.75 Å². The minimum absolute atomic E-state index is 0.367. The monoisotopic (exact) mass is 351 g/mol. The summed E-state index contributed by atoms with van der Waals surface area (Å²) in [6.07, 6.45) is 5.76. The van der Waals surface area contributed by atoms with Crippen molar-refractivity contribution in [2.24, 2.45) is 5.73 Å². The van der Waals surface area contributed by atoms with Crippen LogP contribution >= 0.6 is 11.8 Å². The minimum Gasteiger partial charge on any atom is -0.508 e. The number of phenols is 1. The SMILES string of the molecule is C=C(CCN)NCCSC.C=CN(C)CCc1ccc(O)c(C)c1. The van der Waals surface area contributed by atoms with Gasteiger partial charge in [-0.2, -0.15) is 11.8 Å². The fourth-order valence-electron chi connectivity index (χ4n) is 1.86. The molecule has 0 atom stereocenters. The first kappa shape index (κ1) is 22.4. The smallest absolute Gasteiger partial charge is 0.118 e. The number of aromatic hydroxyl groups is 1. The molecule has 0 bridgehead atoms. The number of rotatable bonds is 10. The maximum atomic E-state index is 9.34. The van der Waals surface area contributed by atoms with Gasteiger partial charge in [-0.1, -0.05) is 25.3 Å². The molecule has 136 valence electrons. The average molecular weight is 352 g/mol. The molecule has 4 N–H and O–H groups in total. The fraction of sp³-hybridized carbons (Fsp3) is 0.474. The van der Waals surface area contributed by atoms with E-state index >= 15 is 0 Å². The van der Waals surface area contributed by atoms with Crippen LogP contribution in [0.25, 0.3) is 0 Å². The number of likely N-dealkylation sites (N-methyl/N-ethyl adjacent to an activating group) is 1. The summed E-state index contributed by atoms with van der Waals surface area (Å²) in [4.78, 5) is 2.04. The Balaban J connectivity index is 0.000000470. The Morgan fingerprint density at radius 3 is 2.71 bits per heavy atom. The van der Waals surface area contributed by atoms with Crippen LogP contribution in [0.3, 0.4) is 0 Å². The Morgan fingerprint density at radius 1 is 1.46 bits per heavy atom. The van der Waals surface area contributed by atoms with Crippen LogP contribution in [0.4, 0.5) is 0 Å². The number of phenolic OH excluding ortho intramolecular Hbond substituents is 1. The van der Waals surface area contributed by atoms with E-state index in [1.54, 1.807) is 6.07 Å². The first-order chi connectivity index (χ1) is 11.4. The first-order valence-corrected chi connectivity index (χ1v) is 9.55. The summed E-state index contributed by atoms with van der Waals surface area (Å²) < 4.78 is 0. The van der Waals surface area contributed by atoms with E-state index in [9.17, 15) is 5.11 Å². The van der Waals surface area contributed by atoms with Crippen LogP contribution in [0.1, 0.15) is 17.5 Å². The van der Waals surface area contributed by atoms with Crippen molar-refractivity contribution < 1.29 is 5.11 Å². The third-order valence-corrected chi connectivity index (χ3v) is 4.07. The molecule has 1 aromatic rings. The van der Waals surface area contributed by atoms with E-state index in [1.165, 1.54) is 5.56 Å². The zero-order valence-electron chi connectivity index (χ0n) is 15.3. The van der Waals surface area contributed by atoms with E-state index in [0.29, 0.717) is 12.3 Å². The molecule has 0 saturated heterocycles. The molecule has 4 nitrogen and oxygen atoms in total. The maximum Gasteiger partial charge on any atom is 0.118 e. The molecular formula is C19H33N3OS. The van der Waals surface area contributed by atoms with Gasteiger partial charge in [-0.05, 0) is 56.0 Å². The molecule has 0 unspecified atom stereocenters. The molecule has 0 aliphatic heterocycles. The van der Waals surface area contributed by atoms with E-state index in [0.717, 1.165) is 42.9 Å². The van der Waals surface area contributed by atoms with Crippen molar-refractivity contribution in [2.45, 2.75) is 19.8 Å². The van der Waals surface area contributed by atoms with Gasteiger partial charge in [0, 0.05) is 31.6 Å². The number of benzene rings is 1. The lowest BCUT2D eigenvalue weighted by Gasteiger charge is -2.13. The van der Waals surface area contributed by atoms with Crippen LogP contribution in [-0.4, -0.2) is 48.7 Å². The number of hydrogen-bond acceptors (Lipinski definition) is 5. The molecule has 24 heavy (non-hydrogen) atoms. The highest BCUT2D eigenvalue weighted by atomic mass is 32.2. The van der Waals surface area contributed by atoms with Crippen LogP contribution in [0, 0.1) is 6.92 Å². The standard InChI is InChI=1S/C12H17NO.C7H16N2S/c1-4-13(3)8-7-11-5-6-12(14)10(2)9-11;1-7(3-4-8)9-5-6-10-2/h4-6,9,14H,1,7-8H2,2-3H3;9H,1,3-6,8H2,2H3. The highest BCUT2D eigenvalue weighted by Gasteiger charge is 1.99. The van der Waals surface area contributed by atoms with Gasteiger partial charge in [0.25, 0.3) is 0 Å². The van der Waals surface area contributed by atoms with E-state index in [4.69, 9.17) is 5.73 Å². The number of nitrogens with zero attached hydrogens (tertiary/aromatic N) is 1. The summed E-state index contributed by atoms with van der Waals surface area (Å²) in [7, 11) is 2.00. The van der Waals surface area contributed by atoms with E-state index < -0.39 is 0 Å². The Kier molecular flexibility index (Phi) is 12.9. The Bertz CT molecular complexity index is 492. The van der Waals surface area contributed by atoms with Gasteiger partial charge in [0.05, 0.1) is 0 Å². The molecule has 0 aliphatic rings. The van der Waals surface area contributed by atoms with E-state index in [2.05, 4.69) is 24.7 Å². The zero-order valence-corrected chi connectivity index (χ0v) is 16.2. The quantitative estimate of drug-likeness (QED) is 0.565. The second kappa shape index (κ2) is 13.8. The average Bonchev–Trinajstić information content (AvgIpc) is 2.56. The van der Waals surface area contributed by atoms with Gasteiger partial charge in [-0.25, -0.2) is 0 Å². The maximum absolute atomic E-state index is 9.34. The summed E-state index contributed by atoms with van der Waals surface area (Å²) in [5.74, 6) is 1.50. The van der Waals surface area contributed by atoms with Crippen LogP contribution in [0.5, 0.6) is 5.75 Å². The molecule has 1 rings (SSSR count). The van der Waals surface area contributed by atoms with Crippen LogP contribution < -0.4 is 11.1 Å². The third-order valence-electron chi connectivity index (χ3n) is 3.45. The minimum atomic E-state index is 0.367. The predicted molar refractivity (Wildman–Crippen MR) is 109 cm³/mol. The fourth-order valence-corrected chi connectivity index (χ4v) is 2.17. The van der Waals surface area contributed by atoms with Crippen LogP contribution in [0.15, 0.2) is 43.3 Å². The lowest BCUT2D eigenvalue weighted by Crippen LogP contribution is -2.17. The molecule has 0 spiro atoms. The molecule has 0 saturated carbocycles. The summed E-state index contributed by atoms with van der Waals surface area (Å²) in [5.41, 5.74) is 8.56. The molecule has 0 aliphatic carbocycles. The summed E-state index contributed by atoms with van der Waals surface area (Å²) >= 11 is 1.83. The van der Waals surface area contributed by atoms with Crippen molar-refractivity contribution in [2.75, 3.05) is 38.7 Å². The molecule has 0 aromatic heterocycles. The van der Waals surface area contributed by atoms with E-state index in [1.807, 2.05) is 49.0 Å². The Labute approximate surface area is 151 Å². The van der Waals surface area contributed by atoms with Crippen molar-refractivity contribution in [3.8, 4) is 5.75 Å². The second-order valence-corrected chi connectivity index (χ2v) is 6.58. The highest BCUT2D eigenvalue weighted by Crippen LogP contribution is 2.17. The normalized spacial score (nSPS) is 9.67. The van der Waals surface area contributed by atoms with E-state index in [-0.39, 0.29) is 0 Å². The van der Waals surface area contributed by atoms with Gasteiger partial charge in [-0.3, -0.25) is 0 Å². The number of aryl methyl sites for hydroxylation is 1. The molecule has 0 fully saturated rings. The molecule has 5 heteroatoms.